The number of benzene rings is 2. The van der Waals surface area contributed by atoms with E-state index in [1.807, 2.05) is 38.1 Å². The molecule has 1 amide bonds. The summed E-state index contributed by atoms with van der Waals surface area (Å²) in [5.41, 5.74) is 1.50. The van der Waals surface area contributed by atoms with Gasteiger partial charge in [0.2, 0.25) is 0 Å². The van der Waals surface area contributed by atoms with Gasteiger partial charge in [-0.1, -0.05) is 12.1 Å². The van der Waals surface area contributed by atoms with E-state index in [1.165, 1.54) is 0 Å². The molecule has 1 fully saturated rings. The molecule has 1 aliphatic heterocycles. The molecule has 0 aliphatic carbocycles. The minimum absolute atomic E-state index is 0.0235. The first-order valence-electron chi connectivity index (χ1n) is 11.6. The van der Waals surface area contributed by atoms with Crippen molar-refractivity contribution in [1.82, 2.24) is 10.2 Å². The molecule has 1 aliphatic rings. The van der Waals surface area contributed by atoms with Crippen molar-refractivity contribution >= 4 is 5.91 Å². The zero-order valence-electron chi connectivity index (χ0n) is 20.1. The first kappa shape index (κ1) is 24.9. The van der Waals surface area contributed by atoms with Gasteiger partial charge in [0.1, 0.15) is 12.4 Å². The Labute approximate surface area is 197 Å². The summed E-state index contributed by atoms with van der Waals surface area (Å²) >= 11 is 0. The van der Waals surface area contributed by atoms with Gasteiger partial charge in [-0.15, -0.1) is 0 Å². The second-order valence-corrected chi connectivity index (χ2v) is 8.53. The third kappa shape index (κ3) is 7.65. The number of hydrogen-bond acceptors (Lipinski definition) is 6. The molecule has 2 aromatic carbocycles. The lowest BCUT2D eigenvalue weighted by molar-refractivity contribution is 0.0392. The van der Waals surface area contributed by atoms with Gasteiger partial charge in [0.05, 0.1) is 13.2 Å². The number of likely N-dealkylation sites (N-methyl/N-ethyl adjacent to an activating group) is 1. The molecule has 180 valence electrons. The summed E-state index contributed by atoms with van der Waals surface area (Å²) in [6, 6.07) is 13.6. The van der Waals surface area contributed by atoms with Crippen molar-refractivity contribution in [2.24, 2.45) is 0 Å². The zero-order chi connectivity index (χ0) is 23.6. The van der Waals surface area contributed by atoms with Crippen LogP contribution in [0.3, 0.4) is 0 Å². The van der Waals surface area contributed by atoms with Gasteiger partial charge in [-0.25, -0.2) is 0 Å². The predicted octanol–water partition coefficient (Wildman–Crippen LogP) is 3.90. The van der Waals surface area contributed by atoms with Crippen LogP contribution in [0.15, 0.2) is 42.5 Å². The maximum atomic E-state index is 12.6. The van der Waals surface area contributed by atoms with Crippen molar-refractivity contribution in [3.8, 4) is 17.2 Å². The number of carbonyl (C=O) groups is 1. The van der Waals surface area contributed by atoms with Crippen LogP contribution in [0.1, 0.15) is 42.6 Å². The summed E-state index contributed by atoms with van der Waals surface area (Å²) in [7, 11) is 3.71. The summed E-state index contributed by atoms with van der Waals surface area (Å²) in [4.78, 5) is 15.0. The second-order valence-electron chi connectivity index (χ2n) is 8.53. The van der Waals surface area contributed by atoms with E-state index in [0.717, 1.165) is 43.9 Å². The summed E-state index contributed by atoms with van der Waals surface area (Å²) in [6.07, 6.45) is 2.17. The number of hydrogen-bond donors (Lipinski definition) is 1. The highest BCUT2D eigenvalue weighted by Crippen LogP contribution is 2.29. The van der Waals surface area contributed by atoms with Crippen LogP contribution >= 0.6 is 0 Å². The molecule has 0 spiro atoms. The van der Waals surface area contributed by atoms with Crippen LogP contribution in [0, 0.1) is 0 Å². The average Bonchev–Trinajstić information content (AvgIpc) is 2.83. The molecule has 0 saturated carbocycles. The van der Waals surface area contributed by atoms with Crippen molar-refractivity contribution in [3.63, 3.8) is 0 Å². The maximum absolute atomic E-state index is 12.6. The topological polar surface area (TPSA) is 69.3 Å². The zero-order valence-corrected chi connectivity index (χ0v) is 20.1. The fraction of sp³-hybridized carbons (Fsp3) is 0.500. The van der Waals surface area contributed by atoms with Crippen LogP contribution in [0.25, 0.3) is 0 Å². The quantitative estimate of drug-likeness (QED) is 0.553. The molecule has 0 bridgehead atoms. The lowest BCUT2D eigenvalue weighted by Crippen LogP contribution is -2.38. The number of amides is 1. The van der Waals surface area contributed by atoms with Gasteiger partial charge in [-0.05, 0) is 69.6 Å². The summed E-state index contributed by atoms with van der Waals surface area (Å²) < 4.78 is 22.5. The monoisotopic (exact) mass is 456 g/mol. The van der Waals surface area contributed by atoms with E-state index in [4.69, 9.17) is 18.9 Å². The Bertz CT molecular complexity index is 896. The Balaban J connectivity index is 1.49. The molecular weight excluding hydrogens is 420 g/mol. The van der Waals surface area contributed by atoms with E-state index in [1.54, 1.807) is 25.3 Å². The fourth-order valence-electron chi connectivity index (χ4n) is 3.81. The molecule has 1 N–H and O–H groups in total. The van der Waals surface area contributed by atoms with Crippen LogP contribution in [0.5, 0.6) is 17.2 Å². The number of nitrogens with one attached hydrogen (secondary N) is 1. The standard InChI is InChI=1S/C26H36N2O5/c1-19(2)33-24-9-8-21(17-25(24)30-4)26(29)27-18-20-6-5-7-23(16-20)32-15-12-28(3)22-10-13-31-14-11-22/h5-9,16-17,19,22H,10-15,18H2,1-4H3,(H,27,29). The highest BCUT2D eigenvalue weighted by atomic mass is 16.5. The van der Waals surface area contributed by atoms with Crippen molar-refractivity contribution in [3.05, 3.63) is 53.6 Å². The third-order valence-corrected chi connectivity index (χ3v) is 5.67. The molecule has 3 rings (SSSR count). The molecular formula is C26H36N2O5. The normalized spacial score (nSPS) is 14.4. The SMILES string of the molecule is COc1cc(C(=O)NCc2cccc(OCCN(C)C3CCOCC3)c2)ccc1OC(C)C. The Kier molecular flexibility index (Phi) is 9.39. The van der Waals surface area contributed by atoms with Crippen LogP contribution in [-0.4, -0.2) is 63.5 Å². The van der Waals surface area contributed by atoms with E-state index in [9.17, 15) is 4.79 Å². The van der Waals surface area contributed by atoms with E-state index in [0.29, 0.717) is 36.3 Å². The first-order chi connectivity index (χ1) is 16.0. The number of ether oxygens (including phenoxy) is 4. The number of carbonyl (C=O) groups excluding carboxylic acids is 1. The summed E-state index contributed by atoms with van der Waals surface area (Å²) in [5, 5.41) is 2.96. The molecule has 0 unspecified atom stereocenters. The molecule has 7 heteroatoms. The molecule has 1 saturated heterocycles. The number of methoxy groups -OCH3 is 1. The average molecular weight is 457 g/mol. The van der Waals surface area contributed by atoms with E-state index >= 15 is 0 Å². The van der Waals surface area contributed by atoms with Crippen LogP contribution in [0.2, 0.25) is 0 Å². The lowest BCUT2D eigenvalue weighted by atomic mass is 10.1. The first-order valence-corrected chi connectivity index (χ1v) is 11.6. The third-order valence-electron chi connectivity index (χ3n) is 5.67. The minimum atomic E-state index is -0.172. The van der Waals surface area contributed by atoms with E-state index in [2.05, 4.69) is 17.3 Å². The van der Waals surface area contributed by atoms with Crippen molar-refractivity contribution in [2.75, 3.05) is 40.5 Å². The molecule has 33 heavy (non-hydrogen) atoms. The predicted molar refractivity (Wildman–Crippen MR) is 128 cm³/mol. The van der Waals surface area contributed by atoms with E-state index in [-0.39, 0.29) is 12.0 Å². The van der Waals surface area contributed by atoms with Crippen LogP contribution in [0.4, 0.5) is 0 Å². The fourth-order valence-corrected chi connectivity index (χ4v) is 3.81. The summed E-state index contributed by atoms with van der Waals surface area (Å²) in [5.74, 6) is 1.79. The van der Waals surface area contributed by atoms with Crippen molar-refractivity contribution in [1.29, 1.82) is 0 Å². The van der Waals surface area contributed by atoms with Gasteiger partial charge in [0, 0.05) is 37.9 Å². The Morgan fingerprint density at radius 2 is 1.94 bits per heavy atom. The number of rotatable bonds is 11. The molecule has 1 heterocycles. The largest absolute Gasteiger partial charge is 0.493 e. The lowest BCUT2D eigenvalue weighted by Gasteiger charge is -2.31. The van der Waals surface area contributed by atoms with Crippen molar-refractivity contribution < 1.29 is 23.7 Å². The molecule has 0 atom stereocenters. The molecule has 0 aromatic heterocycles. The van der Waals surface area contributed by atoms with Gasteiger partial charge in [0.25, 0.3) is 5.91 Å². The summed E-state index contributed by atoms with van der Waals surface area (Å²) in [6.45, 7) is 7.46. The highest BCUT2D eigenvalue weighted by molar-refractivity contribution is 5.94. The van der Waals surface area contributed by atoms with Gasteiger partial charge in [0.15, 0.2) is 11.5 Å². The van der Waals surface area contributed by atoms with Gasteiger partial charge >= 0.3 is 0 Å². The molecule has 7 nitrogen and oxygen atoms in total. The van der Waals surface area contributed by atoms with Crippen molar-refractivity contribution in [2.45, 2.75) is 45.4 Å². The van der Waals surface area contributed by atoms with Gasteiger partial charge in [-0.3, -0.25) is 9.69 Å². The van der Waals surface area contributed by atoms with Gasteiger partial charge < -0.3 is 24.3 Å². The van der Waals surface area contributed by atoms with E-state index < -0.39 is 0 Å². The molecule has 2 aromatic rings. The minimum Gasteiger partial charge on any atom is -0.493 e. The van der Waals surface area contributed by atoms with Crippen LogP contribution in [-0.2, 0) is 11.3 Å². The highest BCUT2D eigenvalue weighted by Gasteiger charge is 2.18. The Hall–Kier alpha value is -2.77. The Morgan fingerprint density at radius 1 is 1.15 bits per heavy atom. The van der Waals surface area contributed by atoms with Crippen LogP contribution < -0.4 is 19.5 Å². The second kappa shape index (κ2) is 12.5. The molecule has 0 radical (unpaired) electrons. The maximum Gasteiger partial charge on any atom is 0.251 e. The number of nitrogens with zero attached hydrogens (tertiary/aromatic N) is 1. The smallest absolute Gasteiger partial charge is 0.251 e. The Morgan fingerprint density at radius 3 is 2.67 bits per heavy atom. The van der Waals surface area contributed by atoms with Gasteiger partial charge in [-0.2, -0.15) is 0 Å².